The second kappa shape index (κ2) is 3.82. The fourth-order valence-electron chi connectivity index (χ4n) is 1.19. The minimum atomic E-state index is 0.192. The number of hydrogen-bond acceptors (Lipinski definition) is 4. The van der Waals surface area contributed by atoms with Crippen LogP contribution in [0.2, 0.25) is 0 Å². The quantitative estimate of drug-likeness (QED) is 0.812. The van der Waals surface area contributed by atoms with Gasteiger partial charge in [0.2, 0.25) is 0 Å². The van der Waals surface area contributed by atoms with Gasteiger partial charge in [-0.2, -0.15) is 10.4 Å². The second-order valence-corrected chi connectivity index (χ2v) is 3.81. The Labute approximate surface area is 94.2 Å². The van der Waals surface area contributed by atoms with Crippen LogP contribution in [0.25, 0.3) is 11.4 Å². The Balaban J connectivity index is 2.37. The van der Waals surface area contributed by atoms with Gasteiger partial charge in [0, 0.05) is 13.2 Å². The van der Waals surface area contributed by atoms with Gasteiger partial charge in [-0.25, -0.2) is 4.68 Å². The van der Waals surface area contributed by atoms with Crippen molar-refractivity contribution < 1.29 is 0 Å². The van der Waals surface area contributed by atoms with E-state index < -0.39 is 0 Å². The molecule has 2 aromatic rings. The minimum Gasteiger partial charge on any atom is -0.274 e. The van der Waals surface area contributed by atoms with Crippen molar-refractivity contribution in [2.24, 2.45) is 7.05 Å². The first-order valence-electron chi connectivity index (χ1n) is 4.17. The summed E-state index contributed by atoms with van der Waals surface area (Å²) < 4.78 is 4.01. The zero-order chi connectivity index (χ0) is 10.8. The summed E-state index contributed by atoms with van der Waals surface area (Å²) in [7, 11) is 1.83. The molecule has 0 aliphatic carbocycles. The molecule has 0 amide bonds. The van der Waals surface area contributed by atoms with Crippen molar-refractivity contribution in [3.8, 4) is 17.5 Å². The summed E-state index contributed by atoms with van der Waals surface area (Å²) in [6.07, 6.45) is 3.52. The summed E-state index contributed by atoms with van der Waals surface area (Å²) in [6.45, 7) is 0.192. The second-order valence-electron chi connectivity index (χ2n) is 2.96. The normalized spacial score (nSPS) is 10.2. The summed E-state index contributed by atoms with van der Waals surface area (Å²) in [6, 6.07) is 1.99. The lowest BCUT2D eigenvalue weighted by molar-refractivity contribution is 0.668. The lowest BCUT2D eigenvalue weighted by Gasteiger charge is -1.88. The van der Waals surface area contributed by atoms with Gasteiger partial charge in [0.05, 0.1) is 16.7 Å². The number of aryl methyl sites for hydroxylation is 1. The number of hydrogen-bond donors (Lipinski definition) is 0. The standard InChI is InChI=1S/C8H7BrN6/c1-14-4-6(9)8(12-14)7-5-15(3-2-10)13-11-7/h4-5H,3H2,1H3. The van der Waals surface area contributed by atoms with E-state index in [1.54, 1.807) is 10.9 Å². The molecule has 6 nitrogen and oxygen atoms in total. The van der Waals surface area contributed by atoms with Crippen LogP contribution in [0.4, 0.5) is 0 Å². The molecule has 0 aliphatic rings. The van der Waals surface area contributed by atoms with E-state index in [4.69, 9.17) is 5.26 Å². The largest absolute Gasteiger partial charge is 0.274 e. The third-order valence-electron chi connectivity index (χ3n) is 1.80. The zero-order valence-electron chi connectivity index (χ0n) is 7.92. The average Bonchev–Trinajstić information content (AvgIpc) is 2.73. The first kappa shape index (κ1) is 9.86. The van der Waals surface area contributed by atoms with Crippen LogP contribution in [0.5, 0.6) is 0 Å². The van der Waals surface area contributed by atoms with Crippen LogP contribution in [-0.4, -0.2) is 24.8 Å². The van der Waals surface area contributed by atoms with Crippen molar-refractivity contribution in [2.75, 3.05) is 0 Å². The summed E-state index contributed by atoms with van der Waals surface area (Å²) in [5.41, 5.74) is 1.37. The molecule has 0 atom stereocenters. The van der Waals surface area contributed by atoms with Crippen molar-refractivity contribution in [2.45, 2.75) is 6.54 Å². The Bertz CT molecular complexity index is 519. The molecular formula is C8H7BrN6. The number of aromatic nitrogens is 5. The molecule has 0 bridgehead atoms. The molecule has 0 fully saturated rings. The van der Waals surface area contributed by atoms with Crippen molar-refractivity contribution in [1.29, 1.82) is 5.26 Å². The molecule has 0 aliphatic heterocycles. The molecule has 76 valence electrons. The zero-order valence-corrected chi connectivity index (χ0v) is 9.51. The van der Waals surface area contributed by atoms with Crippen LogP contribution in [0.1, 0.15) is 0 Å². The smallest absolute Gasteiger partial charge is 0.134 e. The number of nitrogens with zero attached hydrogens (tertiary/aromatic N) is 6. The van der Waals surface area contributed by atoms with Gasteiger partial charge in [-0.1, -0.05) is 5.21 Å². The van der Waals surface area contributed by atoms with Crippen molar-refractivity contribution in [1.82, 2.24) is 24.8 Å². The molecule has 0 aromatic carbocycles. The lowest BCUT2D eigenvalue weighted by Crippen LogP contribution is -1.94. The summed E-state index contributed by atoms with van der Waals surface area (Å²) >= 11 is 3.38. The van der Waals surface area contributed by atoms with E-state index >= 15 is 0 Å². The SMILES string of the molecule is Cn1cc(Br)c(-c2cn(CC#N)nn2)n1. The van der Waals surface area contributed by atoms with Gasteiger partial charge >= 0.3 is 0 Å². The molecule has 0 saturated heterocycles. The van der Waals surface area contributed by atoms with Gasteiger partial charge in [0.15, 0.2) is 0 Å². The molecule has 0 saturated carbocycles. The first-order valence-corrected chi connectivity index (χ1v) is 4.96. The molecule has 15 heavy (non-hydrogen) atoms. The van der Waals surface area contributed by atoms with Gasteiger partial charge in [-0.15, -0.1) is 5.10 Å². The molecule has 2 heterocycles. The molecule has 0 N–H and O–H groups in total. The predicted octanol–water partition coefficient (Wildman–Crippen LogP) is 0.965. The Morgan fingerprint density at radius 3 is 2.93 bits per heavy atom. The van der Waals surface area contributed by atoms with E-state index in [1.165, 1.54) is 4.68 Å². The van der Waals surface area contributed by atoms with E-state index in [0.29, 0.717) is 5.69 Å². The molecule has 7 heteroatoms. The Morgan fingerprint density at radius 2 is 2.33 bits per heavy atom. The van der Waals surface area contributed by atoms with E-state index in [1.807, 2.05) is 19.3 Å². The van der Waals surface area contributed by atoms with Gasteiger partial charge in [0.1, 0.15) is 17.9 Å². The van der Waals surface area contributed by atoms with Crippen LogP contribution in [0.3, 0.4) is 0 Å². The molecule has 2 rings (SSSR count). The summed E-state index contributed by atoms with van der Waals surface area (Å²) in [4.78, 5) is 0. The molecular weight excluding hydrogens is 260 g/mol. The van der Waals surface area contributed by atoms with E-state index in [9.17, 15) is 0 Å². The predicted molar refractivity (Wildman–Crippen MR) is 55.5 cm³/mol. The average molecular weight is 267 g/mol. The maximum Gasteiger partial charge on any atom is 0.134 e. The Hall–Kier alpha value is -1.68. The van der Waals surface area contributed by atoms with Gasteiger partial charge in [0.25, 0.3) is 0 Å². The Kier molecular flexibility index (Phi) is 2.51. The molecule has 2 aromatic heterocycles. The Morgan fingerprint density at radius 1 is 1.53 bits per heavy atom. The van der Waals surface area contributed by atoms with Gasteiger partial charge in [-0.05, 0) is 15.9 Å². The van der Waals surface area contributed by atoms with Crippen LogP contribution < -0.4 is 0 Å². The fraction of sp³-hybridized carbons (Fsp3) is 0.250. The highest BCUT2D eigenvalue weighted by atomic mass is 79.9. The minimum absolute atomic E-state index is 0.192. The summed E-state index contributed by atoms with van der Waals surface area (Å²) in [5.74, 6) is 0. The summed E-state index contributed by atoms with van der Waals surface area (Å²) in [5, 5.41) is 20.5. The lowest BCUT2D eigenvalue weighted by atomic mass is 10.3. The highest BCUT2D eigenvalue weighted by Crippen LogP contribution is 2.23. The van der Waals surface area contributed by atoms with Crippen molar-refractivity contribution in [3.63, 3.8) is 0 Å². The molecule has 0 radical (unpaired) electrons. The monoisotopic (exact) mass is 266 g/mol. The van der Waals surface area contributed by atoms with Crippen LogP contribution in [0, 0.1) is 11.3 Å². The highest BCUT2D eigenvalue weighted by Gasteiger charge is 2.11. The fourth-order valence-corrected chi connectivity index (χ4v) is 1.77. The maximum atomic E-state index is 8.49. The highest BCUT2D eigenvalue weighted by molar-refractivity contribution is 9.10. The van der Waals surface area contributed by atoms with Crippen LogP contribution in [0.15, 0.2) is 16.9 Å². The number of rotatable bonds is 2. The van der Waals surface area contributed by atoms with E-state index in [0.717, 1.165) is 10.2 Å². The number of nitriles is 1. The molecule has 0 unspecified atom stereocenters. The topological polar surface area (TPSA) is 72.3 Å². The van der Waals surface area contributed by atoms with Crippen LogP contribution >= 0.6 is 15.9 Å². The van der Waals surface area contributed by atoms with E-state index in [2.05, 4.69) is 31.3 Å². The van der Waals surface area contributed by atoms with Crippen LogP contribution in [-0.2, 0) is 13.6 Å². The maximum absolute atomic E-state index is 8.49. The van der Waals surface area contributed by atoms with Gasteiger partial charge < -0.3 is 0 Å². The third-order valence-corrected chi connectivity index (χ3v) is 2.38. The van der Waals surface area contributed by atoms with Crippen molar-refractivity contribution in [3.05, 3.63) is 16.9 Å². The molecule has 0 spiro atoms. The van der Waals surface area contributed by atoms with Gasteiger partial charge in [-0.3, -0.25) is 4.68 Å². The third kappa shape index (κ3) is 1.89. The van der Waals surface area contributed by atoms with Crippen molar-refractivity contribution >= 4 is 15.9 Å². The first-order chi connectivity index (χ1) is 7.20. The number of halogens is 1. The van der Waals surface area contributed by atoms with E-state index in [-0.39, 0.29) is 6.54 Å².